The molecule has 0 heterocycles. The van der Waals surface area contributed by atoms with Gasteiger partial charge in [0.2, 0.25) is 0 Å². The van der Waals surface area contributed by atoms with E-state index in [0.29, 0.717) is 25.9 Å². The molecule has 0 aromatic heterocycles. The van der Waals surface area contributed by atoms with E-state index in [2.05, 4.69) is 19.3 Å². The monoisotopic (exact) mass is 550 g/mol. The van der Waals surface area contributed by atoms with Gasteiger partial charge in [-0.05, 0) is 98.7 Å². The Morgan fingerprint density at radius 3 is 2.38 bits per heavy atom. The molecule has 3 aromatic rings. The lowest BCUT2D eigenvalue weighted by atomic mass is 9.87. The Bertz CT molecular complexity index is 1310. The van der Waals surface area contributed by atoms with Gasteiger partial charge >= 0.3 is 0 Å². The molecular weight excluding hydrogens is 514 g/mol. The zero-order valence-electron chi connectivity index (χ0n) is 23.0. The Balaban J connectivity index is 0.000000333. The predicted molar refractivity (Wildman–Crippen MR) is 154 cm³/mol. The van der Waals surface area contributed by atoms with Gasteiger partial charge in [-0.1, -0.05) is 55.8 Å². The van der Waals surface area contributed by atoms with E-state index in [1.807, 2.05) is 43.3 Å². The SMILES string of the molecule is CCCOc1ccc(C#N)c(-c2c(Cl)c(F)cc3c2CC(c2ccccc2)C3)c1F.CNC1CCC(C)CC1. The van der Waals surface area contributed by atoms with E-state index in [0.717, 1.165) is 28.7 Å². The van der Waals surface area contributed by atoms with Crippen molar-refractivity contribution in [2.45, 2.75) is 70.8 Å². The van der Waals surface area contributed by atoms with Crippen molar-refractivity contribution in [2.75, 3.05) is 13.7 Å². The third kappa shape index (κ3) is 6.62. The first kappa shape index (κ1) is 29.1. The molecule has 0 radical (unpaired) electrons. The first-order valence-electron chi connectivity index (χ1n) is 14.0. The fraction of sp³-hybridized carbons (Fsp3) is 0.424. The van der Waals surface area contributed by atoms with Crippen LogP contribution in [0.1, 0.15) is 74.1 Å². The van der Waals surface area contributed by atoms with Crippen LogP contribution in [-0.2, 0) is 12.8 Å². The molecule has 0 aliphatic heterocycles. The number of nitrogens with zero attached hydrogens (tertiary/aromatic N) is 1. The second-order valence-corrected chi connectivity index (χ2v) is 11.1. The minimum atomic E-state index is -0.680. The van der Waals surface area contributed by atoms with Crippen LogP contribution < -0.4 is 10.1 Å². The zero-order chi connectivity index (χ0) is 27.9. The van der Waals surface area contributed by atoms with Crippen LogP contribution in [0.5, 0.6) is 5.75 Å². The maximum absolute atomic E-state index is 15.5. The van der Waals surface area contributed by atoms with Crippen molar-refractivity contribution < 1.29 is 13.5 Å². The number of nitrogens with one attached hydrogen (secondary N) is 1. The Labute approximate surface area is 236 Å². The van der Waals surface area contributed by atoms with Gasteiger partial charge < -0.3 is 10.1 Å². The highest BCUT2D eigenvalue weighted by Crippen LogP contribution is 2.46. The van der Waals surface area contributed by atoms with Crippen LogP contribution in [0.25, 0.3) is 11.1 Å². The molecule has 3 nitrogen and oxygen atoms in total. The van der Waals surface area contributed by atoms with Crippen LogP contribution >= 0.6 is 11.6 Å². The van der Waals surface area contributed by atoms with Crippen molar-refractivity contribution >= 4 is 11.6 Å². The van der Waals surface area contributed by atoms with Crippen molar-refractivity contribution in [2.24, 2.45) is 5.92 Å². The second-order valence-electron chi connectivity index (χ2n) is 10.7. The minimum absolute atomic E-state index is 0.0144. The smallest absolute Gasteiger partial charge is 0.174 e. The van der Waals surface area contributed by atoms with Crippen molar-refractivity contribution in [1.82, 2.24) is 5.32 Å². The Morgan fingerprint density at radius 2 is 1.74 bits per heavy atom. The summed E-state index contributed by atoms with van der Waals surface area (Å²) in [5.41, 5.74) is 3.11. The molecule has 39 heavy (non-hydrogen) atoms. The van der Waals surface area contributed by atoms with Crippen LogP contribution in [0.3, 0.4) is 0 Å². The molecule has 0 saturated heterocycles. The maximum atomic E-state index is 15.5. The van der Waals surface area contributed by atoms with E-state index in [4.69, 9.17) is 16.3 Å². The summed E-state index contributed by atoms with van der Waals surface area (Å²) in [4.78, 5) is 0. The third-order valence-corrected chi connectivity index (χ3v) is 8.34. The Morgan fingerprint density at radius 1 is 1.03 bits per heavy atom. The topological polar surface area (TPSA) is 45.0 Å². The van der Waals surface area contributed by atoms with E-state index in [-0.39, 0.29) is 33.4 Å². The lowest BCUT2D eigenvalue weighted by Gasteiger charge is -2.25. The molecular formula is C33H37ClF2N2O. The molecule has 0 spiro atoms. The second kappa shape index (κ2) is 13.4. The molecule has 3 aromatic carbocycles. The molecule has 1 N–H and O–H groups in total. The summed E-state index contributed by atoms with van der Waals surface area (Å²) in [6.07, 6.45) is 7.56. The molecule has 206 valence electrons. The quantitative estimate of drug-likeness (QED) is 0.334. The highest BCUT2D eigenvalue weighted by Gasteiger charge is 2.31. The van der Waals surface area contributed by atoms with Gasteiger partial charge in [0.15, 0.2) is 11.6 Å². The average Bonchev–Trinajstić information content (AvgIpc) is 3.38. The summed E-state index contributed by atoms with van der Waals surface area (Å²) in [5.74, 6) is -0.124. The van der Waals surface area contributed by atoms with E-state index in [1.54, 1.807) is 0 Å². The largest absolute Gasteiger partial charge is 0.491 e. The minimum Gasteiger partial charge on any atom is -0.491 e. The van der Waals surface area contributed by atoms with Crippen molar-refractivity contribution in [1.29, 1.82) is 5.26 Å². The molecule has 5 rings (SSSR count). The molecule has 0 amide bonds. The van der Waals surface area contributed by atoms with E-state index in [1.165, 1.54) is 43.9 Å². The normalized spacial score (nSPS) is 20.0. The highest BCUT2D eigenvalue weighted by molar-refractivity contribution is 6.33. The van der Waals surface area contributed by atoms with Crippen LogP contribution in [-0.4, -0.2) is 19.7 Å². The fourth-order valence-electron chi connectivity index (χ4n) is 5.70. The lowest BCUT2D eigenvalue weighted by molar-refractivity contribution is 0.301. The summed E-state index contributed by atoms with van der Waals surface area (Å²) in [7, 11) is 2.07. The standard InChI is InChI=1S/C25H20ClF2NO.C8H17N/c1-2-10-30-21-9-8-16(14-29)22(25(21)28)23-19-12-17(15-6-4-3-5-7-15)11-18(19)13-20(27)24(23)26;1-7-3-5-8(9-2)6-4-7/h3-9,13,17H,2,10-12H2,1H3;7-9H,3-6H2,1-2H3. The van der Waals surface area contributed by atoms with Crippen LogP contribution in [0.15, 0.2) is 48.5 Å². The van der Waals surface area contributed by atoms with Gasteiger partial charge in [-0.2, -0.15) is 5.26 Å². The van der Waals surface area contributed by atoms with Gasteiger partial charge in [-0.25, -0.2) is 8.78 Å². The zero-order valence-corrected chi connectivity index (χ0v) is 23.8. The summed E-state index contributed by atoms with van der Waals surface area (Å²) in [6, 6.07) is 17.2. The van der Waals surface area contributed by atoms with Gasteiger partial charge in [-0.15, -0.1) is 0 Å². The molecule has 1 fully saturated rings. The van der Waals surface area contributed by atoms with E-state index in [9.17, 15) is 9.65 Å². The molecule has 0 bridgehead atoms. The molecule has 1 unspecified atom stereocenters. The first-order chi connectivity index (χ1) is 18.9. The van der Waals surface area contributed by atoms with Gasteiger partial charge in [0.25, 0.3) is 0 Å². The number of benzene rings is 3. The Hall–Kier alpha value is -2.94. The number of hydrogen-bond acceptors (Lipinski definition) is 3. The molecule has 2 aliphatic rings. The predicted octanol–water partition coefficient (Wildman–Crippen LogP) is 8.61. The summed E-state index contributed by atoms with van der Waals surface area (Å²) in [6.45, 7) is 4.61. The van der Waals surface area contributed by atoms with Crippen LogP contribution in [0.4, 0.5) is 8.78 Å². The number of fused-ring (bicyclic) bond motifs is 1. The number of halogens is 3. The number of rotatable bonds is 6. The summed E-state index contributed by atoms with van der Waals surface area (Å²) < 4.78 is 35.7. The van der Waals surface area contributed by atoms with Crippen molar-refractivity contribution in [3.05, 3.63) is 87.4 Å². The maximum Gasteiger partial charge on any atom is 0.174 e. The fourth-order valence-corrected chi connectivity index (χ4v) is 5.97. The van der Waals surface area contributed by atoms with Gasteiger partial charge in [0.1, 0.15) is 5.82 Å². The Kier molecular flexibility index (Phi) is 9.99. The molecule has 2 aliphatic carbocycles. The third-order valence-electron chi connectivity index (χ3n) is 7.97. The number of nitriles is 1. The van der Waals surface area contributed by atoms with E-state index < -0.39 is 11.6 Å². The number of hydrogen-bond donors (Lipinski definition) is 1. The van der Waals surface area contributed by atoms with Crippen LogP contribution in [0.2, 0.25) is 5.02 Å². The summed E-state index contributed by atoms with van der Waals surface area (Å²) in [5, 5.41) is 12.8. The summed E-state index contributed by atoms with van der Waals surface area (Å²) >= 11 is 6.37. The van der Waals surface area contributed by atoms with Crippen molar-refractivity contribution in [3.63, 3.8) is 0 Å². The van der Waals surface area contributed by atoms with E-state index >= 15 is 4.39 Å². The molecule has 1 atom stereocenters. The number of ether oxygens (including phenoxy) is 1. The first-order valence-corrected chi connectivity index (χ1v) is 14.3. The molecule has 6 heteroatoms. The average molecular weight is 551 g/mol. The highest BCUT2D eigenvalue weighted by atomic mass is 35.5. The molecule has 1 saturated carbocycles. The van der Waals surface area contributed by atoms with Gasteiger partial charge in [-0.3, -0.25) is 0 Å². The lowest BCUT2D eigenvalue weighted by Crippen LogP contribution is -2.29. The van der Waals surface area contributed by atoms with Crippen molar-refractivity contribution in [3.8, 4) is 22.9 Å². The van der Waals surface area contributed by atoms with Gasteiger partial charge in [0, 0.05) is 17.2 Å². The van der Waals surface area contributed by atoms with Gasteiger partial charge in [0.05, 0.1) is 23.3 Å². The van der Waals surface area contributed by atoms with Crippen LogP contribution in [0, 0.1) is 28.9 Å².